The molecule has 36 heavy (non-hydrogen) atoms. The number of halogens is 1. The fraction of sp³-hybridized carbons (Fsp3) is 0.516. The first-order valence-electron chi connectivity index (χ1n) is 13.7. The van der Waals surface area contributed by atoms with E-state index in [4.69, 9.17) is 0 Å². The number of likely N-dealkylation sites (tertiary alicyclic amines) is 1. The molecule has 0 bridgehead atoms. The minimum absolute atomic E-state index is 0.0304. The molecule has 2 aromatic carbocycles. The van der Waals surface area contributed by atoms with E-state index in [2.05, 4.69) is 34.9 Å². The van der Waals surface area contributed by atoms with Crippen LogP contribution in [-0.2, 0) is 17.8 Å². The third-order valence-corrected chi connectivity index (χ3v) is 9.35. The molecule has 4 nitrogen and oxygen atoms in total. The molecule has 1 atom stereocenters. The standard InChI is InChI=1S/C31H37FN2O2/c1-21-10-11-25-24(16-21)17-26-28(19-35)34(18-23-8-4-5-9-27(23)32)20-31(29(25)26)12-14-33(15-13-31)30(36)22-6-2-3-7-22/h4-5,8-11,16,22,28,35H,2-3,6-7,12-15,17-20H2,1H3/t28-/m1/s1. The third-order valence-electron chi connectivity index (χ3n) is 9.35. The number of amides is 1. The maximum atomic E-state index is 14.7. The first kappa shape index (κ1) is 23.9. The van der Waals surface area contributed by atoms with E-state index in [-0.39, 0.29) is 29.8 Å². The molecule has 2 fully saturated rings. The average Bonchev–Trinajstić information content (AvgIpc) is 3.54. The quantitative estimate of drug-likeness (QED) is 0.650. The van der Waals surface area contributed by atoms with Crippen molar-refractivity contribution in [2.45, 2.75) is 64.5 Å². The van der Waals surface area contributed by atoms with Crippen LogP contribution in [0, 0.1) is 24.1 Å². The number of fused-ring (bicyclic) bond motifs is 3. The Balaban J connectivity index is 1.35. The number of carbonyl (C=O) groups is 1. The normalized spacial score (nSPS) is 23.9. The Morgan fingerprint density at radius 1 is 1.11 bits per heavy atom. The second-order valence-electron chi connectivity index (χ2n) is 11.5. The van der Waals surface area contributed by atoms with Crippen molar-refractivity contribution in [3.8, 4) is 0 Å². The van der Waals surface area contributed by atoms with Crippen molar-refractivity contribution >= 4 is 11.5 Å². The number of hydrogen-bond acceptors (Lipinski definition) is 3. The molecule has 0 aromatic heterocycles. The van der Waals surface area contributed by atoms with Crippen LogP contribution in [0.4, 0.5) is 4.39 Å². The van der Waals surface area contributed by atoms with Gasteiger partial charge in [0.15, 0.2) is 0 Å². The number of aryl methyl sites for hydroxylation is 1. The van der Waals surface area contributed by atoms with Crippen LogP contribution in [0.1, 0.15) is 60.8 Å². The molecule has 1 spiro atoms. The largest absolute Gasteiger partial charge is 0.394 e. The van der Waals surface area contributed by atoms with E-state index in [9.17, 15) is 14.3 Å². The minimum Gasteiger partial charge on any atom is -0.394 e. The highest BCUT2D eigenvalue weighted by atomic mass is 19.1. The second-order valence-corrected chi connectivity index (χ2v) is 11.5. The van der Waals surface area contributed by atoms with E-state index < -0.39 is 0 Å². The van der Waals surface area contributed by atoms with Gasteiger partial charge in [-0.05, 0) is 67.4 Å². The summed E-state index contributed by atoms with van der Waals surface area (Å²) < 4.78 is 14.7. The molecule has 1 saturated heterocycles. The van der Waals surface area contributed by atoms with Crippen molar-refractivity contribution in [1.82, 2.24) is 9.80 Å². The van der Waals surface area contributed by atoms with E-state index in [1.165, 1.54) is 46.7 Å². The van der Waals surface area contributed by atoms with Gasteiger partial charge in [0.1, 0.15) is 5.82 Å². The van der Waals surface area contributed by atoms with Gasteiger partial charge in [-0.2, -0.15) is 0 Å². The van der Waals surface area contributed by atoms with Crippen LogP contribution < -0.4 is 0 Å². The number of carbonyl (C=O) groups excluding carboxylic acids is 1. The first-order chi connectivity index (χ1) is 17.5. The molecule has 1 saturated carbocycles. The first-order valence-corrected chi connectivity index (χ1v) is 13.7. The highest BCUT2D eigenvalue weighted by Gasteiger charge is 2.50. The van der Waals surface area contributed by atoms with Gasteiger partial charge in [0.2, 0.25) is 5.91 Å². The molecular weight excluding hydrogens is 451 g/mol. The second kappa shape index (κ2) is 9.42. The Hall–Kier alpha value is -2.50. The van der Waals surface area contributed by atoms with E-state index in [1.54, 1.807) is 6.07 Å². The summed E-state index contributed by atoms with van der Waals surface area (Å²) in [6.07, 6.45) is 7.11. The zero-order valence-electron chi connectivity index (χ0n) is 21.3. The van der Waals surface area contributed by atoms with Crippen LogP contribution in [0.3, 0.4) is 0 Å². The summed E-state index contributed by atoms with van der Waals surface area (Å²) in [5.74, 6) is 0.378. The van der Waals surface area contributed by atoms with Crippen LogP contribution >= 0.6 is 0 Å². The molecule has 1 N–H and O–H groups in total. The lowest BCUT2D eigenvalue weighted by molar-refractivity contribution is -0.137. The summed E-state index contributed by atoms with van der Waals surface area (Å²) in [6.45, 7) is 4.99. The fourth-order valence-corrected chi connectivity index (χ4v) is 7.52. The van der Waals surface area contributed by atoms with Crippen LogP contribution in [0.2, 0.25) is 0 Å². The summed E-state index contributed by atoms with van der Waals surface area (Å²) in [5, 5.41) is 10.6. The summed E-state index contributed by atoms with van der Waals surface area (Å²) >= 11 is 0. The van der Waals surface area contributed by atoms with Gasteiger partial charge in [0.05, 0.1) is 12.6 Å². The van der Waals surface area contributed by atoms with Gasteiger partial charge in [-0.1, -0.05) is 54.8 Å². The lowest BCUT2D eigenvalue weighted by atomic mass is 9.66. The zero-order chi connectivity index (χ0) is 24.9. The van der Waals surface area contributed by atoms with Crippen molar-refractivity contribution in [3.05, 3.63) is 76.1 Å². The van der Waals surface area contributed by atoms with Gasteiger partial charge in [-0.3, -0.25) is 9.69 Å². The predicted molar refractivity (Wildman–Crippen MR) is 140 cm³/mol. The molecule has 6 rings (SSSR count). The molecule has 2 heterocycles. The SMILES string of the molecule is Cc1ccc2c(c1)CC1=C2C2(CCN(C(=O)C3CCCC3)CC2)CN(Cc2ccccc2F)[C@@H]1CO. The van der Waals surface area contributed by atoms with Crippen LogP contribution in [0.15, 0.2) is 48.0 Å². The lowest BCUT2D eigenvalue weighted by Crippen LogP contribution is -2.55. The number of nitrogens with zero attached hydrogens (tertiary/aromatic N) is 2. The number of piperidine rings is 1. The molecule has 2 aliphatic carbocycles. The number of rotatable bonds is 4. The third kappa shape index (κ3) is 4.01. The van der Waals surface area contributed by atoms with Crippen molar-refractivity contribution < 1.29 is 14.3 Å². The van der Waals surface area contributed by atoms with Gasteiger partial charge < -0.3 is 10.0 Å². The Labute approximate surface area is 213 Å². The highest BCUT2D eigenvalue weighted by molar-refractivity contribution is 5.83. The van der Waals surface area contributed by atoms with Gasteiger partial charge in [-0.25, -0.2) is 4.39 Å². The number of benzene rings is 2. The van der Waals surface area contributed by atoms with E-state index in [1.807, 2.05) is 12.1 Å². The maximum absolute atomic E-state index is 14.7. The van der Waals surface area contributed by atoms with Crippen LogP contribution in [0.5, 0.6) is 0 Å². The monoisotopic (exact) mass is 488 g/mol. The molecule has 190 valence electrons. The molecule has 4 aliphatic rings. The highest BCUT2D eigenvalue weighted by Crippen LogP contribution is 2.55. The number of aliphatic hydroxyl groups is 1. The van der Waals surface area contributed by atoms with Gasteiger partial charge in [-0.15, -0.1) is 0 Å². The van der Waals surface area contributed by atoms with Crippen LogP contribution in [-0.4, -0.2) is 53.1 Å². The van der Waals surface area contributed by atoms with Crippen LogP contribution in [0.25, 0.3) is 5.57 Å². The molecule has 1 amide bonds. The van der Waals surface area contributed by atoms with E-state index in [0.717, 1.165) is 51.7 Å². The van der Waals surface area contributed by atoms with Gasteiger partial charge >= 0.3 is 0 Å². The van der Waals surface area contributed by atoms with E-state index in [0.29, 0.717) is 18.0 Å². The molecule has 2 aliphatic heterocycles. The van der Waals surface area contributed by atoms with Gasteiger partial charge in [0, 0.05) is 43.1 Å². The minimum atomic E-state index is -0.190. The summed E-state index contributed by atoms with van der Waals surface area (Å²) in [6, 6.07) is 13.6. The van der Waals surface area contributed by atoms with Gasteiger partial charge in [0.25, 0.3) is 0 Å². The molecule has 0 unspecified atom stereocenters. The number of hydrogen-bond donors (Lipinski definition) is 1. The topological polar surface area (TPSA) is 43.8 Å². The Morgan fingerprint density at radius 3 is 2.58 bits per heavy atom. The van der Waals surface area contributed by atoms with Crippen molar-refractivity contribution in [2.24, 2.45) is 11.3 Å². The molecule has 0 radical (unpaired) electrons. The molecule has 5 heteroatoms. The summed E-state index contributed by atoms with van der Waals surface area (Å²) in [5.41, 5.74) is 7.23. The maximum Gasteiger partial charge on any atom is 0.225 e. The Morgan fingerprint density at radius 2 is 1.86 bits per heavy atom. The fourth-order valence-electron chi connectivity index (χ4n) is 7.52. The predicted octanol–water partition coefficient (Wildman–Crippen LogP) is 5.12. The van der Waals surface area contributed by atoms with Crippen molar-refractivity contribution in [3.63, 3.8) is 0 Å². The average molecular weight is 489 g/mol. The Bertz CT molecular complexity index is 1190. The smallest absolute Gasteiger partial charge is 0.225 e. The Kier molecular flexibility index (Phi) is 6.25. The molecule has 2 aromatic rings. The lowest BCUT2D eigenvalue weighted by Gasteiger charge is -2.51. The van der Waals surface area contributed by atoms with Crippen molar-refractivity contribution in [2.75, 3.05) is 26.2 Å². The van der Waals surface area contributed by atoms with Crippen molar-refractivity contribution in [1.29, 1.82) is 0 Å². The van der Waals surface area contributed by atoms with E-state index >= 15 is 0 Å². The number of aliphatic hydroxyl groups excluding tert-OH is 1. The zero-order valence-corrected chi connectivity index (χ0v) is 21.3. The summed E-state index contributed by atoms with van der Waals surface area (Å²) in [7, 11) is 0. The summed E-state index contributed by atoms with van der Waals surface area (Å²) in [4.78, 5) is 17.6. The molecular formula is C31H37FN2O2.